The number of sulfone groups is 1. The molecule has 0 aliphatic heterocycles. The van der Waals surface area contributed by atoms with Crippen molar-refractivity contribution in [3.05, 3.63) is 29.4 Å². The van der Waals surface area contributed by atoms with Crippen LogP contribution in [0.5, 0.6) is 0 Å². The highest BCUT2D eigenvalue weighted by Gasteiger charge is 2.15. The number of benzene rings is 1. The van der Waals surface area contributed by atoms with Crippen LogP contribution in [-0.2, 0) is 16.9 Å². The molecular formula is C10H10ClNO2S. The van der Waals surface area contributed by atoms with Gasteiger partial charge in [0.2, 0.25) is 0 Å². The minimum Gasteiger partial charge on any atom is -0.349 e. The number of halogens is 1. The maximum Gasteiger partial charge on any atom is 0.177 e. The molecule has 0 saturated carbocycles. The molecule has 0 aliphatic rings. The Morgan fingerprint density at radius 3 is 2.60 bits per heavy atom. The van der Waals surface area contributed by atoms with Crippen molar-refractivity contribution in [1.82, 2.24) is 4.57 Å². The van der Waals surface area contributed by atoms with E-state index in [1.165, 1.54) is 6.26 Å². The van der Waals surface area contributed by atoms with Gasteiger partial charge in [-0.25, -0.2) is 8.42 Å². The Morgan fingerprint density at radius 2 is 2.00 bits per heavy atom. The lowest BCUT2D eigenvalue weighted by molar-refractivity contribution is 0.602. The largest absolute Gasteiger partial charge is 0.349 e. The lowest BCUT2D eigenvalue weighted by Crippen LogP contribution is -1.95. The molecule has 15 heavy (non-hydrogen) atoms. The van der Waals surface area contributed by atoms with Gasteiger partial charge >= 0.3 is 0 Å². The van der Waals surface area contributed by atoms with E-state index < -0.39 is 9.84 Å². The first-order chi connectivity index (χ1) is 6.89. The van der Waals surface area contributed by atoms with Gasteiger partial charge in [0.25, 0.3) is 0 Å². The molecule has 0 unspecified atom stereocenters. The van der Waals surface area contributed by atoms with Crippen LogP contribution in [0.4, 0.5) is 0 Å². The number of fused-ring (bicyclic) bond motifs is 1. The van der Waals surface area contributed by atoms with Crippen molar-refractivity contribution in [1.29, 1.82) is 0 Å². The average Bonchev–Trinajstić information content (AvgIpc) is 2.42. The summed E-state index contributed by atoms with van der Waals surface area (Å²) >= 11 is 5.85. The molecule has 0 aliphatic carbocycles. The smallest absolute Gasteiger partial charge is 0.177 e. The van der Waals surface area contributed by atoms with Crippen molar-refractivity contribution in [3.8, 4) is 0 Å². The molecule has 0 N–H and O–H groups in total. The zero-order valence-corrected chi connectivity index (χ0v) is 9.93. The third kappa shape index (κ3) is 1.75. The molecule has 1 aromatic heterocycles. The molecule has 80 valence electrons. The van der Waals surface area contributed by atoms with Crippen LogP contribution < -0.4 is 0 Å². The Balaban J connectivity index is 2.94. The zero-order chi connectivity index (χ0) is 11.2. The Bertz CT molecular complexity index is 628. The minimum atomic E-state index is -3.20. The Morgan fingerprint density at radius 1 is 1.33 bits per heavy atom. The third-order valence-corrected chi connectivity index (χ3v) is 3.67. The van der Waals surface area contributed by atoms with Crippen LogP contribution >= 0.6 is 11.6 Å². The normalized spacial score (nSPS) is 12.2. The van der Waals surface area contributed by atoms with E-state index in [-0.39, 0.29) is 0 Å². The molecule has 0 amide bonds. The molecule has 5 heteroatoms. The number of hydrogen-bond acceptors (Lipinski definition) is 2. The predicted octanol–water partition coefficient (Wildman–Crippen LogP) is 2.24. The van der Waals surface area contributed by atoms with Crippen LogP contribution in [0.1, 0.15) is 0 Å². The molecular weight excluding hydrogens is 234 g/mol. The summed E-state index contributed by atoms with van der Waals surface area (Å²) in [5.41, 5.74) is 0.861. The Kier molecular flexibility index (Phi) is 2.28. The molecule has 2 rings (SSSR count). The summed E-state index contributed by atoms with van der Waals surface area (Å²) in [6.07, 6.45) is 2.80. The zero-order valence-electron chi connectivity index (χ0n) is 8.36. The van der Waals surface area contributed by atoms with Crippen molar-refractivity contribution in [3.63, 3.8) is 0 Å². The van der Waals surface area contributed by atoms with Gasteiger partial charge in [-0.1, -0.05) is 11.6 Å². The molecule has 0 saturated heterocycles. The van der Waals surface area contributed by atoms with Gasteiger partial charge in [-0.15, -0.1) is 0 Å². The second-order valence-corrected chi connectivity index (χ2v) is 5.96. The van der Waals surface area contributed by atoms with Gasteiger partial charge in [0, 0.05) is 35.4 Å². The van der Waals surface area contributed by atoms with Gasteiger partial charge in [0.05, 0.1) is 4.90 Å². The molecule has 0 bridgehead atoms. The van der Waals surface area contributed by atoms with Gasteiger partial charge in [-0.3, -0.25) is 0 Å². The molecule has 0 fully saturated rings. The number of aryl methyl sites for hydroxylation is 1. The van der Waals surface area contributed by atoms with E-state index in [2.05, 4.69) is 0 Å². The SMILES string of the molecule is Cn1cc(S(C)(=O)=O)c2cc(Cl)ccc21. The van der Waals surface area contributed by atoms with Crippen molar-refractivity contribution >= 4 is 32.3 Å². The third-order valence-electron chi connectivity index (χ3n) is 2.31. The molecule has 1 aromatic carbocycles. The van der Waals surface area contributed by atoms with Crippen LogP contribution in [0.25, 0.3) is 10.9 Å². The second-order valence-electron chi connectivity index (χ2n) is 3.54. The highest BCUT2D eigenvalue weighted by Crippen LogP contribution is 2.27. The standard InChI is InChI=1S/C10H10ClNO2S/c1-12-6-10(15(2,13)14)8-5-7(11)3-4-9(8)12/h3-6H,1-2H3. The van der Waals surface area contributed by atoms with E-state index in [4.69, 9.17) is 11.6 Å². The van der Waals surface area contributed by atoms with E-state index in [1.54, 1.807) is 22.9 Å². The van der Waals surface area contributed by atoms with E-state index in [1.807, 2.05) is 13.1 Å². The second kappa shape index (κ2) is 3.25. The number of nitrogens with zero attached hydrogens (tertiary/aromatic N) is 1. The van der Waals surface area contributed by atoms with E-state index in [0.29, 0.717) is 15.3 Å². The fourth-order valence-corrected chi connectivity index (χ4v) is 2.71. The molecule has 2 aromatic rings. The first-order valence-electron chi connectivity index (χ1n) is 4.34. The van der Waals surface area contributed by atoms with Gasteiger partial charge in [-0.2, -0.15) is 0 Å². The van der Waals surface area contributed by atoms with Crippen molar-refractivity contribution < 1.29 is 8.42 Å². The van der Waals surface area contributed by atoms with Crippen LogP contribution in [0, 0.1) is 0 Å². The summed E-state index contributed by atoms with van der Waals surface area (Å²) in [6.45, 7) is 0. The predicted molar refractivity (Wildman–Crippen MR) is 61.0 cm³/mol. The maximum atomic E-state index is 11.5. The summed E-state index contributed by atoms with van der Waals surface area (Å²) in [5.74, 6) is 0. The first kappa shape index (κ1) is 10.5. The molecule has 0 atom stereocenters. The van der Waals surface area contributed by atoms with Crippen LogP contribution in [-0.4, -0.2) is 19.2 Å². The maximum absolute atomic E-state index is 11.5. The Labute approximate surface area is 93.2 Å². The molecule has 1 heterocycles. The highest BCUT2D eigenvalue weighted by atomic mass is 35.5. The summed E-state index contributed by atoms with van der Waals surface area (Å²) in [7, 11) is -1.39. The monoisotopic (exact) mass is 243 g/mol. The molecule has 3 nitrogen and oxygen atoms in total. The summed E-state index contributed by atoms with van der Waals surface area (Å²) in [4.78, 5) is 0.322. The van der Waals surface area contributed by atoms with Crippen LogP contribution in [0.2, 0.25) is 5.02 Å². The quantitative estimate of drug-likeness (QED) is 0.771. The highest BCUT2D eigenvalue weighted by molar-refractivity contribution is 7.91. The molecule has 0 radical (unpaired) electrons. The van der Waals surface area contributed by atoms with Gasteiger partial charge < -0.3 is 4.57 Å². The van der Waals surface area contributed by atoms with Gasteiger partial charge in [0.1, 0.15) is 0 Å². The van der Waals surface area contributed by atoms with Gasteiger partial charge in [0.15, 0.2) is 9.84 Å². The summed E-state index contributed by atoms with van der Waals surface area (Å²) < 4.78 is 24.8. The Hall–Kier alpha value is -1.00. The number of rotatable bonds is 1. The average molecular weight is 244 g/mol. The van der Waals surface area contributed by atoms with Crippen molar-refractivity contribution in [2.75, 3.05) is 6.26 Å². The topological polar surface area (TPSA) is 39.1 Å². The number of hydrogen-bond donors (Lipinski definition) is 0. The summed E-state index contributed by atoms with van der Waals surface area (Å²) in [5, 5.41) is 1.21. The minimum absolute atomic E-state index is 0.322. The number of aromatic nitrogens is 1. The fraction of sp³-hybridized carbons (Fsp3) is 0.200. The first-order valence-corrected chi connectivity index (χ1v) is 6.61. The lowest BCUT2D eigenvalue weighted by atomic mass is 10.2. The van der Waals surface area contributed by atoms with Crippen LogP contribution in [0.15, 0.2) is 29.3 Å². The summed E-state index contributed by atoms with van der Waals surface area (Å²) in [6, 6.07) is 5.23. The van der Waals surface area contributed by atoms with E-state index in [0.717, 1.165) is 5.52 Å². The van der Waals surface area contributed by atoms with Crippen LogP contribution in [0.3, 0.4) is 0 Å². The fourth-order valence-electron chi connectivity index (χ4n) is 1.62. The lowest BCUT2D eigenvalue weighted by Gasteiger charge is -1.96. The molecule has 0 spiro atoms. The van der Waals surface area contributed by atoms with E-state index in [9.17, 15) is 8.42 Å². The van der Waals surface area contributed by atoms with Crippen molar-refractivity contribution in [2.45, 2.75) is 4.90 Å². The van der Waals surface area contributed by atoms with Gasteiger partial charge in [-0.05, 0) is 18.2 Å². The van der Waals surface area contributed by atoms with Crippen molar-refractivity contribution in [2.24, 2.45) is 7.05 Å². The van der Waals surface area contributed by atoms with E-state index >= 15 is 0 Å².